The molecule has 3 N–H and O–H groups in total. The summed E-state index contributed by atoms with van der Waals surface area (Å²) in [6.07, 6.45) is 3.05. The smallest absolute Gasteiger partial charge is 0.335 e. The Labute approximate surface area is 121 Å². The zero-order chi connectivity index (χ0) is 15.4. The van der Waals surface area contributed by atoms with Crippen LogP contribution in [0.1, 0.15) is 36.0 Å². The molecule has 7 heteroatoms. The second-order valence-corrected chi connectivity index (χ2v) is 5.35. The van der Waals surface area contributed by atoms with E-state index in [9.17, 15) is 20.0 Å². The summed E-state index contributed by atoms with van der Waals surface area (Å²) in [5, 5.41) is 32.4. The van der Waals surface area contributed by atoms with Crippen molar-refractivity contribution in [3.05, 3.63) is 33.9 Å². The highest BCUT2D eigenvalue weighted by atomic mass is 16.6. The zero-order valence-corrected chi connectivity index (χ0v) is 11.5. The Balaban J connectivity index is 2.05. The van der Waals surface area contributed by atoms with Crippen LogP contribution in [-0.2, 0) is 0 Å². The molecule has 1 aromatic rings. The van der Waals surface area contributed by atoms with Gasteiger partial charge < -0.3 is 15.5 Å². The number of rotatable bonds is 5. The Morgan fingerprint density at radius 2 is 2.00 bits per heavy atom. The fraction of sp³-hybridized carbons (Fsp3) is 0.500. The average molecular weight is 294 g/mol. The maximum Gasteiger partial charge on any atom is 0.335 e. The van der Waals surface area contributed by atoms with E-state index in [2.05, 4.69) is 5.32 Å². The van der Waals surface area contributed by atoms with Gasteiger partial charge in [-0.15, -0.1) is 0 Å². The molecule has 1 aliphatic rings. The molecule has 0 aromatic heterocycles. The van der Waals surface area contributed by atoms with Gasteiger partial charge >= 0.3 is 5.97 Å². The third kappa shape index (κ3) is 3.91. The van der Waals surface area contributed by atoms with Gasteiger partial charge in [0, 0.05) is 12.6 Å². The minimum Gasteiger partial charge on any atom is -0.478 e. The minimum absolute atomic E-state index is 0.104. The lowest BCUT2D eigenvalue weighted by Gasteiger charge is -2.25. The van der Waals surface area contributed by atoms with Gasteiger partial charge in [-0.3, -0.25) is 10.1 Å². The average Bonchev–Trinajstić information content (AvgIpc) is 2.46. The van der Waals surface area contributed by atoms with Crippen molar-refractivity contribution in [2.24, 2.45) is 5.92 Å². The molecule has 0 aliphatic heterocycles. The third-order valence-electron chi connectivity index (χ3n) is 3.84. The number of nitro benzene ring substituents is 1. The number of carboxylic acid groups (broad SMARTS) is 1. The summed E-state index contributed by atoms with van der Waals surface area (Å²) in [6, 6.07) is 3.84. The normalized spacial score (nSPS) is 21.8. The first-order valence-electron chi connectivity index (χ1n) is 6.91. The van der Waals surface area contributed by atoms with Crippen LogP contribution in [-0.4, -0.2) is 33.8 Å². The van der Waals surface area contributed by atoms with Gasteiger partial charge in [0.1, 0.15) is 5.69 Å². The van der Waals surface area contributed by atoms with E-state index in [0.717, 1.165) is 31.7 Å². The SMILES string of the molecule is O=C(O)c1ccc(NCC2CCC(O)CC2)c([N+](=O)[O-])c1. The summed E-state index contributed by atoms with van der Waals surface area (Å²) in [6.45, 7) is 0.583. The Bertz CT molecular complexity index is 538. The largest absolute Gasteiger partial charge is 0.478 e. The van der Waals surface area contributed by atoms with E-state index in [4.69, 9.17) is 5.11 Å². The maximum absolute atomic E-state index is 11.0. The Morgan fingerprint density at radius 1 is 1.33 bits per heavy atom. The molecule has 0 spiro atoms. The van der Waals surface area contributed by atoms with E-state index in [1.807, 2.05) is 0 Å². The number of nitrogens with one attached hydrogen (secondary N) is 1. The second kappa shape index (κ2) is 6.53. The summed E-state index contributed by atoms with van der Waals surface area (Å²) in [5.74, 6) is -0.821. The fourth-order valence-electron chi connectivity index (χ4n) is 2.57. The quantitative estimate of drug-likeness (QED) is 0.567. The summed E-state index contributed by atoms with van der Waals surface area (Å²) >= 11 is 0. The molecule has 0 atom stereocenters. The lowest BCUT2D eigenvalue weighted by molar-refractivity contribution is -0.384. The highest BCUT2D eigenvalue weighted by Gasteiger charge is 2.21. The summed E-state index contributed by atoms with van der Waals surface area (Å²) in [4.78, 5) is 21.3. The van der Waals surface area contributed by atoms with Crippen LogP contribution in [0.5, 0.6) is 0 Å². The molecule has 0 bridgehead atoms. The number of nitro groups is 1. The van der Waals surface area contributed by atoms with Gasteiger partial charge in [0.15, 0.2) is 0 Å². The standard InChI is InChI=1S/C14H18N2O5/c17-11-4-1-9(2-5-11)8-15-12-6-3-10(14(18)19)7-13(12)16(20)21/h3,6-7,9,11,15,17H,1-2,4-5,8H2,(H,18,19). The van der Waals surface area contributed by atoms with Crippen LogP contribution in [0.3, 0.4) is 0 Å². The van der Waals surface area contributed by atoms with E-state index in [1.54, 1.807) is 0 Å². The summed E-state index contributed by atoms with van der Waals surface area (Å²) in [5.41, 5.74) is -0.00472. The predicted octanol–water partition coefficient (Wildman–Crippen LogP) is 2.26. The van der Waals surface area contributed by atoms with Crippen molar-refractivity contribution in [3.8, 4) is 0 Å². The monoisotopic (exact) mass is 294 g/mol. The first-order valence-corrected chi connectivity index (χ1v) is 6.91. The van der Waals surface area contributed by atoms with Crippen molar-refractivity contribution in [1.29, 1.82) is 0 Å². The first-order chi connectivity index (χ1) is 9.97. The molecule has 1 saturated carbocycles. The number of aliphatic hydroxyl groups excluding tert-OH is 1. The van der Waals surface area contributed by atoms with Crippen molar-refractivity contribution >= 4 is 17.3 Å². The van der Waals surface area contributed by atoms with Crippen molar-refractivity contribution in [2.75, 3.05) is 11.9 Å². The number of carbonyl (C=O) groups is 1. The van der Waals surface area contributed by atoms with E-state index in [-0.39, 0.29) is 17.4 Å². The Morgan fingerprint density at radius 3 is 2.57 bits per heavy atom. The number of anilines is 1. The molecule has 1 fully saturated rings. The van der Waals surface area contributed by atoms with E-state index >= 15 is 0 Å². The molecular formula is C14H18N2O5. The van der Waals surface area contributed by atoms with Crippen molar-refractivity contribution in [3.63, 3.8) is 0 Å². The third-order valence-corrected chi connectivity index (χ3v) is 3.84. The molecule has 0 saturated heterocycles. The van der Waals surface area contributed by atoms with Gasteiger partial charge in [0.05, 0.1) is 16.6 Å². The molecule has 1 aliphatic carbocycles. The minimum atomic E-state index is -1.19. The Kier molecular flexibility index (Phi) is 4.74. The van der Waals surface area contributed by atoms with Crippen LogP contribution in [0, 0.1) is 16.0 Å². The number of hydrogen-bond donors (Lipinski definition) is 3. The van der Waals surface area contributed by atoms with Crippen LogP contribution in [0.15, 0.2) is 18.2 Å². The van der Waals surface area contributed by atoms with Crippen molar-refractivity contribution in [1.82, 2.24) is 0 Å². The molecule has 0 amide bonds. The highest BCUT2D eigenvalue weighted by Crippen LogP contribution is 2.28. The van der Waals surface area contributed by atoms with E-state index in [0.29, 0.717) is 18.2 Å². The maximum atomic E-state index is 11.0. The molecule has 7 nitrogen and oxygen atoms in total. The van der Waals surface area contributed by atoms with Crippen LogP contribution >= 0.6 is 0 Å². The lowest BCUT2D eigenvalue weighted by Crippen LogP contribution is -2.23. The number of aliphatic hydroxyl groups is 1. The van der Waals surface area contributed by atoms with Gasteiger partial charge in [-0.1, -0.05) is 0 Å². The number of nitrogens with zero attached hydrogens (tertiary/aromatic N) is 1. The lowest BCUT2D eigenvalue weighted by atomic mass is 9.87. The van der Waals surface area contributed by atoms with Gasteiger partial charge in [0.25, 0.3) is 5.69 Å². The number of carboxylic acids is 1. The zero-order valence-electron chi connectivity index (χ0n) is 11.5. The number of aromatic carboxylic acids is 1. The first kappa shape index (κ1) is 15.2. The molecule has 114 valence electrons. The molecule has 21 heavy (non-hydrogen) atoms. The molecule has 2 rings (SSSR count). The van der Waals surface area contributed by atoms with E-state index < -0.39 is 10.9 Å². The molecular weight excluding hydrogens is 276 g/mol. The summed E-state index contributed by atoms with van der Waals surface area (Å²) < 4.78 is 0. The molecule has 1 aromatic carbocycles. The van der Waals surface area contributed by atoms with Gasteiger partial charge in [-0.05, 0) is 43.7 Å². The molecule has 0 unspecified atom stereocenters. The second-order valence-electron chi connectivity index (χ2n) is 5.35. The Hall–Kier alpha value is -2.15. The molecule has 0 heterocycles. The molecule has 0 radical (unpaired) electrons. The van der Waals surface area contributed by atoms with Crippen LogP contribution in [0.25, 0.3) is 0 Å². The number of benzene rings is 1. The van der Waals surface area contributed by atoms with E-state index in [1.165, 1.54) is 12.1 Å². The number of hydrogen-bond acceptors (Lipinski definition) is 5. The van der Waals surface area contributed by atoms with Crippen molar-refractivity contribution in [2.45, 2.75) is 31.8 Å². The van der Waals surface area contributed by atoms with Crippen LogP contribution in [0.4, 0.5) is 11.4 Å². The predicted molar refractivity (Wildman–Crippen MR) is 76.5 cm³/mol. The highest BCUT2D eigenvalue weighted by molar-refractivity contribution is 5.89. The van der Waals surface area contributed by atoms with Crippen LogP contribution in [0.2, 0.25) is 0 Å². The fourth-order valence-corrected chi connectivity index (χ4v) is 2.57. The van der Waals surface area contributed by atoms with Gasteiger partial charge in [-0.25, -0.2) is 4.79 Å². The summed E-state index contributed by atoms with van der Waals surface area (Å²) in [7, 11) is 0. The van der Waals surface area contributed by atoms with Gasteiger partial charge in [-0.2, -0.15) is 0 Å². The van der Waals surface area contributed by atoms with Crippen molar-refractivity contribution < 1.29 is 19.9 Å². The van der Waals surface area contributed by atoms with Gasteiger partial charge in [0.2, 0.25) is 0 Å². The topological polar surface area (TPSA) is 113 Å². The van der Waals surface area contributed by atoms with Crippen LogP contribution < -0.4 is 5.32 Å².